The third-order valence-corrected chi connectivity index (χ3v) is 11.1. The number of unbranched alkanes of at least 4 members (excludes halogenated alkanes) is 15. The first-order chi connectivity index (χ1) is 35.5. The lowest BCUT2D eigenvalue weighted by molar-refractivity contribution is -0.167. The number of hydrogen-bond donors (Lipinski definition) is 0. The van der Waals surface area contributed by atoms with E-state index in [0.29, 0.717) is 19.3 Å². The molecule has 0 aromatic heterocycles. The Kier molecular flexibility index (Phi) is 54.1. The Morgan fingerprint density at radius 1 is 0.292 bits per heavy atom. The van der Waals surface area contributed by atoms with E-state index in [9.17, 15) is 14.4 Å². The number of esters is 3. The van der Waals surface area contributed by atoms with E-state index in [1.54, 1.807) is 0 Å². The van der Waals surface area contributed by atoms with Crippen LogP contribution in [0.4, 0.5) is 0 Å². The summed E-state index contributed by atoms with van der Waals surface area (Å²) in [6.45, 7) is 6.18. The zero-order valence-corrected chi connectivity index (χ0v) is 45.6. The molecule has 0 aromatic rings. The molecule has 1 unspecified atom stereocenters. The summed E-state index contributed by atoms with van der Waals surface area (Å²) >= 11 is 0. The lowest BCUT2D eigenvalue weighted by Gasteiger charge is -2.18. The number of rotatable bonds is 48. The van der Waals surface area contributed by atoms with Gasteiger partial charge in [-0.05, 0) is 109 Å². The molecule has 0 aliphatic rings. The summed E-state index contributed by atoms with van der Waals surface area (Å²) in [5.41, 5.74) is 0. The van der Waals surface area contributed by atoms with Crippen LogP contribution < -0.4 is 0 Å². The van der Waals surface area contributed by atoms with Crippen molar-refractivity contribution in [1.82, 2.24) is 0 Å². The van der Waals surface area contributed by atoms with Crippen LogP contribution in [0.2, 0.25) is 0 Å². The van der Waals surface area contributed by atoms with Crippen LogP contribution in [0, 0.1) is 0 Å². The summed E-state index contributed by atoms with van der Waals surface area (Å²) in [6.07, 6.45) is 86.2. The van der Waals surface area contributed by atoms with Gasteiger partial charge in [0.1, 0.15) is 13.2 Å². The SMILES string of the molecule is CC\C=C/C=C\C=C/C=C\C=C\C=C/C=C\CCCCCC(=O)OCC(COC(=O)CCCCC/C=C\C/C=C\C/C=C\C/C=C\CC)OC(=O)CCCCCCCCCCC/C=C\C/C=C\C/C=C\CC. The van der Waals surface area contributed by atoms with E-state index in [4.69, 9.17) is 14.2 Å². The maximum Gasteiger partial charge on any atom is 0.306 e. The van der Waals surface area contributed by atoms with Crippen LogP contribution >= 0.6 is 0 Å². The van der Waals surface area contributed by atoms with Gasteiger partial charge in [-0.15, -0.1) is 0 Å². The second-order valence-corrected chi connectivity index (χ2v) is 17.9. The number of carbonyl (C=O) groups is 3. The summed E-state index contributed by atoms with van der Waals surface area (Å²) in [5.74, 6) is -1.01. The average molecular weight is 990 g/mol. The number of carbonyl (C=O) groups excluding carboxylic acids is 3. The minimum Gasteiger partial charge on any atom is -0.462 e. The van der Waals surface area contributed by atoms with E-state index in [1.165, 1.54) is 38.5 Å². The Hall–Kier alpha value is -5.23. The smallest absolute Gasteiger partial charge is 0.306 e. The van der Waals surface area contributed by atoms with Crippen LogP contribution in [-0.4, -0.2) is 37.2 Å². The predicted molar refractivity (Wildman–Crippen MR) is 311 cm³/mol. The van der Waals surface area contributed by atoms with Crippen LogP contribution in [0.5, 0.6) is 0 Å². The zero-order chi connectivity index (χ0) is 52.2. The van der Waals surface area contributed by atoms with Crippen molar-refractivity contribution in [3.05, 3.63) is 170 Å². The van der Waals surface area contributed by atoms with Crippen molar-refractivity contribution < 1.29 is 28.6 Å². The van der Waals surface area contributed by atoms with Gasteiger partial charge in [0.15, 0.2) is 6.10 Å². The normalized spacial score (nSPS) is 13.4. The number of ether oxygens (including phenoxy) is 3. The second-order valence-electron chi connectivity index (χ2n) is 17.9. The van der Waals surface area contributed by atoms with Crippen molar-refractivity contribution >= 4 is 17.9 Å². The molecule has 72 heavy (non-hydrogen) atoms. The maximum atomic E-state index is 12.9. The average Bonchev–Trinajstić information content (AvgIpc) is 3.38. The highest BCUT2D eigenvalue weighted by Gasteiger charge is 2.19. The van der Waals surface area contributed by atoms with Crippen molar-refractivity contribution in [2.24, 2.45) is 0 Å². The van der Waals surface area contributed by atoms with Crippen molar-refractivity contribution in [2.75, 3.05) is 13.2 Å². The number of allylic oxidation sites excluding steroid dienone is 28. The molecular weight excluding hydrogens is 889 g/mol. The first kappa shape index (κ1) is 66.8. The van der Waals surface area contributed by atoms with Gasteiger partial charge in [0, 0.05) is 19.3 Å². The summed E-state index contributed by atoms with van der Waals surface area (Å²) in [5, 5.41) is 0. The van der Waals surface area contributed by atoms with Gasteiger partial charge in [0.2, 0.25) is 0 Å². The second kappa shape index (κ2) is 58.3. The third-order valence-electron chi connectivity index (χ3n) is 11.1. The van der Waals surface area contributed by atoms with Gasteiger partial charge in [-0.2, -0.15) is 0 Å². The van der Waals surface area contributed by atoms with Crippen LogP contribution in [0.1, 0.15) is 207 Å². The van der Waals surface area contributed by atoms with Crippen molar-refractivity contribution in [3.8, 4) is 0 Å². The first-order valence-corrected chi connectivity index (χ1v) is 28.2. The largest absolute Gasteiger partial charge is 0.462 e. The molecule has 0 aliphatic carbocycles. The molecule has 0 N–H and O–H groups in total. The van der Waals surface area contributed by atoms with Gasteiger partial charge in [-0.25, -0.2) is 0 Å². The molecule has 6 nitrogen and oxygen atoms in total. The lowest BCUT2D eigenvalue weighted by atomic mass is 10.1. The van der Waals surface area contributed by atoms with Gasteiger partial charge >= 0.3 is 17.9 Å². The Balaban J connectivity index is 4.58. The molecule has 0 bridgehead atoms. The first-order valence-electron chi connectivity index (χ1n) is 28.2. The molecule has 0 heterocycles. The van der Waals surface area contributed by atoms with Gasteiger partial charge in [-0.1, -0.05) is 249 Å². The topological polar surface area (TPSA) is 78.9 Å². The molecule has 400 valence electrons. The summed E-state index contributed by atoms with van der Waals surface area (Å²) in [6, 6.07) is 0. The Bertz CT molecular complexity index is 1700. The highest BCUT2D eigenvalue weighted by atomic mass is 16.6. The standard InChI is InChI=1S/C66H100O6/c1-4-7-10-13-16-19-22-25-28-31-33-35-38-41-44-47-50-53-56-59-65(68)71-62-63(61-70-64(67)58-55-52-49-46-43-40-37-30-27-24-21-18-15-12-9-6-3)72-66(69)60-57-54-51-48-45-42-39-36-34-32-29-26-23-20-17-14-11-8-5-2/h7-13,16-22,25-31,33,35,38,40-41,43-44,63H,4-6,14-15,23-24,32,34,36-37,39,42,45-62H2,1-3H3/b10-7-,11-8-,12-9-,16-13-,20-17-,21-18-,22-19-,28-25-,29-26-,30-27-,33-31+,38-35-,43-40-,44-41-. The van der Waals surface area contributed by atoms with Gasteiger partial charge in [0.25, 0.3) is 0 Å². The molecule has 1 atom stereocenters. The van der Waals surface area contributed by atoms with E-state index in [0.717, 1.165) is 122 Å². The van der Waals surface area contributed by atoms with Crippen molar-refractivity contribution in [2.45, 2.75) is 213 Å². The molecule has 0 spiro atoms. The number of hydrogen-bond acceptors (Lipinski definition) is 6. The van der Waals surface area contributed by atoms with E-state index in [1.807, 2.05) is 72.9 Å². The molecule has 0 radical (unpaired) electrons. The molecule has 0 fully saturated rings. The minimum atomic E-state index is -0.824. The zero-order valence-electron chi connectivity index (χ0n) is 45.6. The van der Waals surface area contributed by atoms with E-state index < -0.39 is 6.10 Å². The Morgan fingerprint density at radius 3 is 0.958 bits per heavy atom. The molecule has 6 heteroatoms. The third kappa shape index (κ3) is 55.7. The van der Waals surface area contributed by atoms with Crippen LogP contribution in [0.3, 0.4) is 0 Å². The van der Waals surface area contributed by atoms with Crippen molar-refractivity contribution in [3.63, 3.8) is 0 Å². The Morgan fingerprint density at radius 2 is 0.569 bits per heavy atom. The van der Waals surface area contributed by atoms with Gasteiger partial charge in [-0.3, -0.25) is 14.4 Å². The molecule has 0 amide bonds. The fourth-order valence-corrected chi connectivity index (χ4v) is 7.02. The summed E-state index contributed by atoms with van der Waals surface area (Å²) < 4.78 is 16.8. The van der Waals surface area contributed by atoms with E-state index in [2.05, 4.69) is 118 Å². The molecular formula is C66H100O6. The highest BCUT2D eigenvalue weighted by Crippen LogP contribution is 2.14. The summed E-state index contributed by atoms with van der Waals surface area (Å²) in [4.78, 5) is 38.2. The van der Waals surface area contributed by atoms with E-state index in [-0.39, 0.29) is 37.5 Å². The van der Waals surface area contributed by atoms with Crippen LogP contribution in [0.25, 0.3) is 0 Å². The van der Waals surface area contributed by atoms with Crippen molar-refractivity contribution in [1.29, 1.82) is 0 Å². The fourth-order valence-electron chi connectivity index (χ4n) is 7.02. The van der Waals surface area contributed by atoms with Crippen LogP contribution in [-0.2, 0) is 28.6 Å². The fraction of sp³-hybridized carbons (Fsp3) is 0.530. The van der Waals surface area contributed by atoms with E-state index >= 15 is 0 Å². The molecule has 0 saturated heterocycles. The quantitative estimate of drug-likeness (QED) is 0.0199. The summed E-state index contributed by atoms with van der Waals surface area (Å²) in [7, 11) is 0. The highest BCUT2D eigenvalue weighted by molar-refractivity contribution is 5.71. The monoisotopic (exact) mass is 989 g/mol. The molecule has 0 saturated carbocycles. The molecule has 0 aromatic carbocycles. The molecule has 0 aliphatic heterocycles. The minimum absolute atomic E-state index is 0.121. The van der Waals surface area contributed by atoms with Gasteiger partial charge in [0.05, 0.1) is 0 Å². The van der Waals surface area contributed by atoms with Crippen LogP contribution in [0.15, 0.2) is 170 Å². The molecule has 0 rings (SSSR count). The Labute approximate surface area is 441 Å². The maximum absolute atomic E-state index is 12.9. The lowest BCUT2D eigenvalue weighted by Crippen LogP contribution is -2.30. The predicted octanol–water partition coefficient (Wildman–Crippen LogP) is 19.1. The van der Waals surface area contributed by atoms with Gasteiger partial charge < -0.3 is 14.2 Å².